The fourth-order valence-electron chi connectivity index (χ4n) is 6.84. The summed E-state index contributed by atoms with van der Waals surface area (Å²) >= 11 is 0. The van der Waals surface area contributed by atoms with E-state index >= 15 is 0 Å². The summed E-state index contributed by atoms with van der Waals surface area (Å²) in [6, 6.07) is 5.15. The smallest absolute Gasteiger partial charge is 0.342 e. The minimum Gasteiger partial charge on any atom is -0.497 e. The van der Waals surface area contributed by atoms with Crippen LogP contribution in [0, 0.1) is 5.41 Å². The Kier molecular flexibility index (Phi) is 3.89. The van der Waals surface area contributed by atoms with Gasteiger partial charge >= 0.3 is 5.97 Å². The minimum absolute atomic E-state index is 0.0305. The van der Waals surface area contributed by atoms with Crippen molar-refractivity contribution in [1.29, 1.82) is 0 Å². The van der Waals surface area contributed by atoms with Gasteiger partial charge < -0.3 is 25.0 Å². The average molecular weight is 400 g/mol. The number of aliphatic hydroxyl groups excluding tert-OH is 1. The second-order valence-corrected chi connectivity index (χ2v) is 8.76. The van der Waals surface area contributed by atoms with E-state index in [-0.39, 0.29) is 6.04 Å². The van der Waals surface area contributed by atoms with Gasteiger partial charge in [0, 0.05) is 35.2 Å². The Bertz CT molecular complexity index is 903. The second-order valence-electron chi connectivity index (χ2n) is 8.76. The van der Waals surface area contributed by atoms with Gasteiger partial charge in [-0.25, -0.2) is 4.79 Å². The lowest BCUT2D eigenvalue weighted by molar-refractivity contribution is -0.215. The Labute approximate surface area is 170 Å². The first kappa shape index (κ1) is 18.9. The maximum Gasteiger partial charge on any atom is 0.342 e. The molecule has 1 aromatic carbocycles. The first-order valence-corrected chi connectivity index (χ1v) is 10.3. The fraction of sp³-hybridized carbons (Fsp3) is 0.591. The van der Waals surface area contributed by atoms with E-state index in [1.807, 2.05) is 31.2 Å². The van der Waals surface area contributed by atoms with Gasteiger partial charge in [-0.15, -0.1) is 0 Å². The highest BCUT2D eigenvalue weighted by molar-refractivity contribution is 5.85. The molecule has 156 valence electrons. The highest BCUT2D eigenvalue weighted by Gasteiger charge is 2.77. The Balaban J connectivity index is 1.81. The summed E-state index contributed by atoms with van der Waals surface area (Å²) in [5.74, 6) is -0.0982. The molecule has 29 heavy (non-hydrogen) atoms. The lowest BCUT2D eigenvalue weighted by Crippen LogP contribution is -2.79. The van der Waals surface area contributed by atoms with Crippen LogP contribution in [0.4, 0.5) is 5.69 Å². The number of nitrogens with zero attached hydrogens (tertiary/aromatic N) is 1. The SMILES string of the molecule is CCC12C=CCN3CCC4(c5ccc(OC)cc5NC4C(O)(C(=O)OC)C1O)C32. The monoisotopic (exact) mass is 400 g/mol. The molecule has 3 heterocycles. The third kappa shape index (κ3) is 1.96. The number of fused-ring (bicyclic) bond motifs is 1. The van der Waals surface area contributed by atoms with Gasteiger partial charge in [0.2, 0.25) is 5.60 Å². The molecule has 0 radical (unpaired) electrons. The molecule has 1 spiro atoms. The molecular weight excluding hydrogens is 372 g/mol. The molecule has 5 rings (SSSR count). The van der Waals surface area contributed by atoms with Crippen molar-refractivity contribution >= 4 is 11.7 Å². The molecule has 2 fully saturated rings. The summed E-state index contributed by atoms with van der Waals surface area (Å²) in [6.07, 6.45) is 4.17. The van der Waals surface area contributed by atoms with Crippen molar-refractivity contribution in [1.82, 2.24) is 4.90 Å². The normalized spacial score (nSPS) is 41.9. The molecule has 0 aromatic heterocycles. The maximum atomic E-state index is 13.0. The largest absolute Gasteiger partial charge is 0.497 e. The van der Waals surface area contributed by atoms with Gasteiger partial charge in [-0.05, 0) is 31.0 Å². The molecule has 0 bridgehead atoms. The van der Waals surface area contributed by atoms with Crippen LogP contribution >= 0.6 is 0 Å². The summed E-state index contributed by atoms with van der Waals surface area (Å²) in [6.45, 7) is 3.65. The van der Waals surface area contributed by atoms with Crippen molar-refractivity contribution in [3.8, 4) is 5.75 Å². The number of hydrogen-bond donors (Lipinski definition) is 3. The lowest BCUT2D eigenvalue weighted by Gasteiger charge is -2.62. The second kappa shape index (κ2) is 5.97. The molecule has 1 saturated heterocycles. The van der Waals surface area contributed by atoms with Gasteiger partial charge in [0.15, 0.2) is 0 Å². The number of ether oxygens (including phenoxy) is 2. The van der Waals surface area contributed by atoms with Crippen molar-refractivity contribution in [2.75, 3.05) is 32.6 Å². The summed E-state index contributed by atoms with van der Waals surface area (Å²) in [5, 5.41) is 26.8. The Morgan fingerprint density at radius 1 is 1.38 bits per heavy atom. The number of hydrogen-bond acceptors (Lipinski definition) is 7. The zero-order valence-electron chi connectivity index (χ0n) is 17.0. The lowest BCUT2D eigenvalue weighted by atomic mass is 9.48. The third-order valence-electron chi connectivity index (χ3n) is 7.98. The molecule has 1 aliphatic carbocycles. The zero-order chi connectivity index (χ0) is 20.6. The van der Waals surface area contributed by atoms with Crippen LogP contribution in [-0.4, -0.2) is 72.2 Å². The number of carbonyl (C=O) groups is 1. The molecule has 6 unspecified atom stereocenters. The van der Waals surface area contributed by atoms with E-state index in [0.29, 0.717) is 12.2 Å². The van der Waals surface area contributed by atoms with Gasteiger partial charge in [0.25, 0.3) is 0 Å². The Hall–Kier alpha value is -2.09. The van der Waals surface area contributed by atoms with E-state index in [0.717, 1.165) is 30.8 Å². The van der Waals surface area contributed by atoms with E-state index in [1.54, 1.807) is 7.11 Å². The zero-order valence-corrected chi connectivity index (χ0v) is 17.0. The van der Waals surface area contributed by atoms with Crippen molar-refractivity contribution in [3.63, 3.8) is 0 Å². The van der Waals surface area contributed by atoms with Gasteiger partial charge in [0.05, 0.1) is 20.3 Å². The summed E-state index contributed by atoms with van der Waals surface area (Å²) < 4.78 is 10.4. The molecule has 0 amide bonds. The van der Waals surface area contributed by atoms with Crippen LogP contribution in [0.25, 0.3) is 0 Å². The number of methoxy groups -OCH3 is 2. The Morgan fingerprint density at radius 2 is 2.17 bits per heavy atom. The van der Waals surface area contributed by atoms with E-state index in [9.17, 15) is 15.0 Å². The summed E-state index contributed by atoms with van der Waals surface area (Å²) in [4.78, 5) is 15.4. The number of aliphatic hydroxyl groups is 2. The van der Waals surface area contributed by atoms with Gasteiger partial charge in [-0.3, -0.25) is 4.90 Å². The van der Waals surface area contributed by atoms with Crippen LogP contribution < -0.4 is 10.1 Å². The molecule has 3 aliphatic heterocycles. The summed E-state index contributed by atoms with van der Waals surface area (Å²) in [7, 11) is 2.87. The van der Waals surface area contributed by atoms with Crippen LogP contribution in [0.2, 0.25) is 0 Å². The van der Waals surface area contributed by atoms with Gasteiger partial charge in [-0.2, -0.15) is 0 Å². The van der Waals surface area contributed by atoms with Crippen LogP contribution in [0.15, 0.2) is 30.4 Å². The molecule has 1 saturated carbocycles. The van der Waals surface area contributed by atoms with Gasteiger partial charge in [0.1, 0.15) is 11.9 Å². The first-order valence-electron chi connectivity index (χ1n) is 10.3. The van der Waals surface area contributed by atoms with Crippen LogP contribution in [-0.2, 0) is 14.9 Å². The van der Waals surface area contributed by atoms with E-state index in [1.165, 1.54) is 7.11 Å². The standard InChI is InChI=1S/C22H28N2O5/c1-4-20-8-5-10-24-11-9-21(17(20)24)14-7-6-13(28-2)12-15(14)23-16(21)22(27,18(20)25)19(26)29-3/h5-8,12,16-18,23,25,27H,4,9-11H2,1-3H3. The molecule has 6 atom stereocenters. The van der Waals surface area contributed by atoms with E-state index < -0.39 is 34.5 Å². The summed E-state index contributed by atoms with van der Waals surface area (Å²) in [5.41, 5.74) is -1.45. The molecule has 7 heteroatoms. The third-order valence-corrected chi connectivity index (χ3v) is 7.98. The van der Waals surface area contributed by atoms with Crippen molar-refractivity contribution in [3.05, 3.63) is 35.9 Å². The molecule has 3 N–H and O–H groups in total. The average Bonchev–Trinajstić information content (AvgIpc) is 3.31. The van der Waals surface area contributed by atoms with Crippen molar-refractivity contribution in [2.24, 2.45) is 5.41 Å². The van der Waals surface area contributed by atoms with Crippen LogP contribution in [0.3, 0.4) is 0 Å². The number of carbonyl (C=O) groups excluding carboxylic acids is 1. The minimum atomic E-state index is -2.08. The quantitative estimate of drug-likeness (QED) is 0.516. The predicted octanol–water partition coefficient (Wildman–Crippen LogP) is 1.05. The predicted molar refractivity (Wildman–Crippen MR) is 107 cm³/mol. The molecule has 7 nitrogen and oxygen atoms in total. The number of nitrogens with one attached hydrogen (secondary N) is 1. The number of rotatable bonds is 3. The number of esters is 1. The van der Waals surface area contributed by atoms with Crippen LogP contribution in [0.1, 0.15) is 25.3 Å². The molecule has 1 aromatic rings. The van der Waals surface area contributed by atoms with E-state index in [4.69, 9.17) is 9.47 Å². The first-order chi connectivity index (χ1) is 13.9. The molecular formula is C22H28N2O5. The molecule has 4 aliphatic rings. The van der Waals surface area contributed by atoms with Crippen molar-refractivity contribution < 1.29 is 24.5 Å². The van der Waals surface area contributed by atoms with Gasteiger partial charge in [-0.1, -0.05) is 25.1 Å². The fourth-order valence-corrected chi connectivity index (χ4v) is 6.84. The maximum absolute atomic E-state index is 13.0. The van der Waals surface area contributed by atoms with Crippen LogP contribution in [0.5, 0.6) is 5.75 Å². The topological polar surface area (TPSA) is 91.3 Å². The highest BCUT2D eigenvalue weighted by atomic mass is 16.5. The van der Waals surface area contributed by atoms with E-state index in [2.05, 4.69) is 16.3 Å². The number of anilines is 1. The van der Waals surface area contributed by atoms with Crippen molar-refractivity contribution in [2.45, 2.75) is 49.0 Å². The highest BCUT2D eigenvalue weighted by Crippen LogP contribution is 2.65. The Morgan fingerprint density at radius 3 is 2.86 bits per heavy atom. The number of benzene rings is 1.